The number of nitrogens with zero attached hydrogens (tertiary/aromatic N) is 1. The number of hydrogen-bond acceptors (Lipinski definition) is 2. The molecule has 0 spiro atoms. The minimum Gasteiger partial charge on any atom is -0.365 e. The Balaban J connectivity index is 2.37. The van der Waals surface area contributed by atoms with Crippen molar-refractivity contribution in [1.82, 2.24) is 5.32 Å². The third-order valence-corrected chi connectivity index (χ3v) is 5.30. The normalized spacial score (nSPS) is 21.9. The highest BCUT2D eigenvalue weighted by atomic mass is 35.5. The van der Waals surface area contributed by atoms with Gasteiger partial charge in [0.2, 0.25) is 0 Å². The number of halogens is 2. The first-order valence-corrected chi connectivity index (χ1v) is 8.64. The summed E-state index contributed by atoms with van der Waals surface area (Å²) in [6, 6.07) is 6.33. The topological polar surface area (TPSA) is 15.3 Å². The molecule has 1 atom stereocenters. The second kappa shape index (κ2) is 6.76. The lowest BCUT2D eigenvalue weighted by molar-refractivity contribution is 0.227. The van der Waals surface area contributed by atoms with Crippen LogP contribution >= 0.6 is 23.2 Å². The van der Waals surface area contributed by atoms with Gasteiger partial charge >= 0.3 is 0 Å². The van der Waals surface area contributed by atoms with Crippen LogP contribution in [0.3, 0.4) is 0 Å². The highest BCUT2D eigenvalue weighted by molar-refractivity contribution is 6.35. The van der Waals surface area contributed by atoms with Crippen molar-refractivity contribution < 1.29 is 0 Å². The van der Waals surface area contributed by atoms with Crippen LogP contribution in [0.1, 0.15) is 40.5 Å². The lowest BCUT2D eigenvalue weighted by Gasteiger charge is -2.50. The summed E-state index contributed by atoms with van der Waals surface area (Å²) >= 11 is 12.4. The van der Waals surface area contributed by atoms with E-state index in [1.165, 1.54) is 0 Å². The first kappa shape index (κ1) is 16.9. The van der Waals surface area contributed by atoms with Crippen molar-refractivity contribution in [3.63, 3.8) is 0 Å². The maximum atomic E-state index is 6.21. The van der Waals surface area contributed by atoms with Gasteiger partial charge in [0.1, 0.15) is 0 Å². The lowest BCUT2D eigenvalue weighted by Crippen LogP contribution is -2.65. The van der Waals surface area contributed by atoms with E-state index < -0.39 is 0 Å². The van der Waals surface area contributed by atoms with E-state index in [0.29, 0.717) is 22.0 Å². The molecule has 0 saturated carbocycles. The van der Waals surface area contributed by atoms with Gasteiger partial charge in [0.25, 0.3) is 0 Å². The van der Waals surface area contributed by atoms with Gasteiger partial charge in [-0.3, -0.25) is 0 Å². The molecule has 4 heteroatoms. The SMILES string of the molecule is CCC1(CC)CN(c2cc(Cl)cc(Cl)c2)C(C(C)C)CN1. The Labute approximate surface area is 138 Å². The number of rotatable bonds is 4. The molecule has 118 valence electrons. The third-order valence-electron chi connectivity index (χ3n) is 4.86. The average Bonchev–Trinajstić information content (AvgIpc) is 2.45. The Morgan fingerprint density at radius 1 is 1.19 bits per heavy atom. The highest BCUT2D eigenvalue weighted by Crippen LogP contribution is 2.33. The van der Waals surface area contributed by atoms with Crippen LogP contribution in [0, 0.1) is 5.92 Å². The number of nitrogens with one attached hydrogen (secondary N) is 1. The summed E-state index contributed by atoms with van der Waals surface area (Å²) in [5, 5.41) is 5.20. The van der Waals surface area contributed by atoms with E-state index in [9.17, 15) is 0 Å². The fraction of sp³-hybridized carbons (Fsp3) is 0.647. The zero-order chi connectivity index (χ0) is 15.6. The monoisotopic (exact) mass is 328 g/mol. The molecule has 1 aromatic rings. The van der Waals surface area contributed by atoms with E-state index in [1.54, 1.807) is 6.07 Å². The van der Waals surface area contributed by atoms with Gasteiger partial charge in [-0.15, -0.1) is 0 Å². The van der Waals surface area contributed by atoms with E-state index in [0.717, 1.165) is 31.6 Å². The van der Waals surface area contributed by atoms with Gasteiger partial charge < -0.3 is 10.2 Å². The molecule has 0 aromatic heterocycles. The summed E-state index contributed by atoms with van der Waals surface area (Å²) in [6.45, 7) is 11.1. The van der Waals surface area contributed by atoms with Crippen LogP contribution in [0.4, 0.5) is 5.69 Å². The molecule has 1 saturated heterocycles. The van der Waals surface area contributed by atoms with E-state index in [-0.39, 0.29) is 5.54 Å². The Kier molecular flexibility index (Phi) is 5.45. The zero-order valence-electron chi connectivity index (χ0n) is 13.4. The summed E-state index contributed by atoms with van der Waals surface area (Å²) in [5.74, 6) is 0.571. The molecule has 1 N–H and O–H groups in total. The molecule has 2 rings (SSSR count). The fourth-order valence-electron chi connectivity index (χ4n) is 3.24. The van der Waals surface area contributed by atoms with Gasteiger partial charge in [0.05, 0.1) is 0 Å². The molecule has 1 unspecified atom stereocenters. The van der Waals surface area contributed by atoms with Crippen LogP contribution in [0.5, 0.6) is 0 Å². The average molecular weight is 329 g/mol. The van der Waals surface area contributed by atoms with Crippen LogP contribution in [0.2, 0.25) is 10.0 Å². The van der Waals surface area contributed by atoms with Crippen molar-refractivity contribution in [2.24, 2.45) is 5.92 Å². The minimum atomic E-state index is 0.181. The summed E-state index contributed by atoms with van der Waals surface area (Å²) in [6.07, 6.45) is 2.25. The molecule has 1 aliphatic heterocycles. The van der Waals surface area contributed by atoms with Crippen molar-refractivity contribution in [1.29, 1.82) is 0 Å². The number of piperazine rings is 1. The maximum Gasteiger partial charge on any atom is 0.0441 e. The lowest BCUT2D eigenvalue weighted by atomic mass is 9.86. The Hall–Kier alpha value is -0.440. The predicted molar refractivity (Wildman–Crippen MR) is 93.7 cm³/mol. The summed E-state index contributed by atoms with van der Waals surface area (Å²) in [5.41, 5.74) is 1.32. The molecule has 0 aliphatic carbocycles. The first-order valence-electron chi connectivity index (χ1n) is 7.88. The Morgan fingerprint density at radius 3 is 2.24 bits per heavy atom. The van der Waals surface area contributed by atoms with Crippen molar-refractivity contribution in [2.75, 3.05) is 18.0 Å². The first-order chi connectivity index (χ1) is 9.90. The molecule has 1 fully saturated rings. The van der Waals surface area contributed by atoms with Crippen LogP contribution in [-0.4, -0.2) is 24.7 Å². The molecule has 21 heavy (non-hydrogen) atoms. The molecular formula is C17H26Cl2N2. The second-order valence-corrected chi connectivity index (χ2v) is 7.31. The van der Waals surface area contributed by atoms with E-state index >= 15 is 0 Å². The van der Waals surface area contributed by atoms with Crippen molar-refractivity contribution in [3.8, 4) is 0 Å². The van der Waals surface area contributed by atoms with Gasteiger partial charge in [-0.2, -0.15) is 0 Å². The second-order valence-electron chi connectivity index (χ2n) is 6.44. The minimum absolute atomic E-state index is 0.181. The summed E-state index contributed by atoms with van der Waals surface area (Å²) in [7, 11) is 0. The molecular weight excluding hydrogens is 303 g/mol. The predicted octanol–water partition coefficient (Wildman–Crippen LogP) is 4.99. The van der Waals surface area contributed by atoms with E-state index in [2.05, 4.69) is 37.9 Å². The molecule has 0 amide bonds. The summed E-state index contributed by atoms with van der Waals surface area (Å²) in [4.78, 5) is 2.49. The van der Waals surface area contributed by atoms with Crippen LogP contribution in [-0.2, 0) is 0 Å². The van der Waals surface area contributed by atoms with Crippen molar-refractivity contribution in [3.05, 3.63) is 28.2 Å². The number of benzene rings is 1. The van der Waals surface area contributed by atoms with Gasteiger partial charge in [-0.25, -0.2) is 0 Å². The van der Waals surface area contributed by atoms with Gasteiger partial charge in [-0.1, -0.05) is 50.9 Å². The van der Waals surface area contributed by atoms with Gasteiger partial charge in [-0.05, 0) is 37.0 Å². The van der Waals surface area contributed by atoms with Crippen molar-refractivity contribution >= 4 is 28.9 Å². The Morgan fingerprint density at radius 2 is 1.76 bits per heavy atom. The highest BCUT2D eigenvalue weighted by Gasteiger charge is 2.38. The van der Waals surface area contributed by atoms with E-state index in [1.807, 2.05) is 12.1 Å². The molecule has 1 heterocycles. The van der Waals surface area contributed by atoms with Crippen LogP contribution in [0.15, 0.2) is 18.2 Å². The zero-order valence-corrected chi connectivity index (χ0v) is 14.9. The molecule has 1 aromatic carbocycles. The third kappa shape index (κ3) is 3.67. The number of hydrogen-bond donors (Lipinski definition) is 1. The quantitative estimate of drug-likeness (QED) is 0.837. The number of anilines is 1. The standard InChI is InChI=1S/C17H26Cl2N2/c1-5-17(6-2)11-21(16(10-20-17)12(3)4)15-8-13(18)7-14(19)9-15/h7-9,12,16,20H,5-6,10-11H2,1-4H3. The van der Waals surface area contributed by atoms with Crippen LogP contribution < -0.4 is 10.2 Å². The maximum absolute atomic E-state index is 6.21. The van der Waals surface area contributed by atoms with Crippen molar-refractivity contribution in [2.45, 2.75) is 52.1 Å². The Bertz CT molecular complexity index is 463. The van der Waals surface area contributed by atoms with Gasteiger partial charge in [0.15, 0.2) is 0 Å². The van der Waals surface area contributed by atoms with Crippen LogP contribution in [0.25, 0.3) is 0 Å². The molecule has 1 aliphatic rings. The largest absolute Gasteiger partial charge is 0.365 e. The molecule has 0 bridgehead atoms. The molecule has 2 nitrogen and oxygen atoms in total. The molecule has 0 radical (unpaired) electrons. The summed E-state index contributed by atoms with van der Waals surface area (Å²) < 4.78 is 0. The fourth-order valence-corrected chi connectivity index (χ4v) is 3.75. The van der Waals surface area contributed by atoms with Gasteiger partial charge in [0, 0.05) is 40.4 Å². The smallest absolute Gasteiger partial charge is 0.0441 e. The van der Waals surface area contributed by atoms with E-state index in [4.69, 9.17) is 23.2 Å².